The standard InChI is InChI=1S/C12H23N3O4/c1-9(2)8-14-10(16)4-6-13-12(19)15(3)7-5-11(17)18/h9H,4-8H2,1-3H3,(H,13,19)(H,14,16)(H,17,18). The van der Waals surface area contributed by atoms with E-state index in [-0.39, 0.29) is 37.9 Å². The molecule has 19 heavy (non-hydrogen) atoms. The number of carbonyl (C=O) groups is 3. The number of amides is 3. The van der Waals surface area contributed by atoms with Gasteiger partial charge in [-0.25, -0.2) is 4.79 Å². The van der Waals surface area contributed by atoms with Crippen LogP contribution in [0.15, 0.2) is 0 Å². The molecule has 7 nitrogen and oxygen atoms in total. The van der Waals surface area contributed by atoms with Crippen molar-refractivity contribution >= 4 is 17.9 Å². The van der Waals surface area contributed by atoms with Crippen LogP contribution in [0.3, 0.4) is 0 Å². The summed E-state index contributed by atoms with van der Waals surface area (Å²) in [5.74, 6) is -0.671. The minimum Gasteiger partial charge on any atom is -0.481 e. The van der Waals surface area contributed by atoms with Crippen LogP contribution in [0.25, 0.3) is 0 Å². The van der Waals surface area contributed by atoms with Gasteiger partial charge in [0.2, 0.25) is 5.91 Å². The van der Waals surface area contributed by atoms with E-state index in [1.165, 1.54) is 11.9 Å². The van der Waals surface area contributed by atoms with E-state index >= 15 is 0 Å². The normalized spacial score (nSPS) is 10.1. The van der Waals surface area contributed by atoms with Crippen molar-refractivity contribution in [1.29, 1.82) is 0 Å². The Kier molecular flexibility index (Phi) is 8.32. The average molecular weight is 273 g/mol. The molecular weight excluding hydrogens is 250 g/mol. The molecule has 0 aromatic heterocycles. The first-order chi connectivity index (χ1) is 8.82. The van der Waals surface area contributed by atoms with Crippen LogP contribution in [0, 0.1) is 5.92 Å². The van der Waals surface area contributed by atoms with Crippen molar-refractivity contribution in [3.63, 3.8) is 0 Å². The quantitative estimate of drug-likeness (QED) is 0.591. The van der Waals surface area contributed by atoms with Gasteiger partial charge in [-0.2, -0.15) is 0 Å². The molecule has 0 saturated heterocycles. The minimum absolute atomic E-state index is 0.0984. The van der Waals surface area contributed by atoms with E-state index in [1.54, 1.807) is 0 Å². The van der Waals surface area contributed by atoms with Crippen LogP contribution in [0.2, 0.25) is 0 Å². The molecule has 0 bridgehead atoms. The average Bonchev–Trinajstić information content (AvgIpc) is 2.33. The first-order valence-electron chi connectivity index (χ1n) is 6.30. The zero-order chi connectivity index (χ0) is 14.8. The van der Waals surface area contributed by atoms with Crippen LogP contribution in [0.1, 0.15) is 26.7 Å². The maximum absolute atomic E-state index is 11.5. The summed E-state index contributed by atoms with van der Waals surface area (Å²) >= 11 is 0. The van der Waals surface area contributed by atoms with E-state index in [0.29, 0.717) is 12.5 Å². The van der Waals surface area contributed by atoms with Gasteiger partial charge in [-0.15, -0.1) is 0 Å². The summed E-state index contributed by atoms with van der Waals surface area (Å²) < 4.78 is 0. The van der Waals surface area contributed by atoms with Crippen LogP contribution in [0.4, 0.5) is 4.79 Å². The number of carboxylic acids is 1. The Hall–Kier alpha value is -1.79. The predicted molar refractivity (Wildman–Crippen MR) is 70.7 cm³/mol. The van der Waals surface area contributed by atoms with Crippen molar-refractivity contribution in [2.24, 2.45) is 5.92 Å². The summed E-state index contributed by atoms with van der Waals surface area (Å²) in [7, 11) is 1.51. The molecule has 0 spiro atoms. The minimum atomic E-state index is -0.951. The number of nitrogens with one attached hydrogen (secondary N) is 2. The first-order valence-corrected chi connectivity index (χ1v) is 6.30. The molecule has 7 heteroatoms. The lowest BCUT2D eigenvalue weighted by Crippen LogP contribution is -2.40. The van der Waals surface area contributed by atoms with Crippen LogP contribution in [0.5, 0.6) is 0 Å². The highest BCUT2D eigenvalue weighted by Crippen LogP contribution is 1.90. The third kappa shape index (κ3) is 9.87. The van der Waals surface area contributed by atoms with Gasteiger partial charge in [-0.3, -0.25) is 9.59 Å². The molecule has 0 aromatic rings. The highest BCUT2D eigenvalue weighted by molar-refractivity contribution is 5.78. The monoisotopic (exact) mass is 273 g/mol. The number of aliphatic carboxylic acids is 1. The summed E-state index contributed by atoms with van der Waals surface area (Å²) in [6, 6.07) is -0.377. The predicted octanol–water partition coefficient (Wildman–Crippen LogP) is 0.265. The fourth-order valence-electron chi connectivity index (χ4n) is 1.19. The fraction of sp³-hybridized carbons (Fsp3) is 0.750. The van der Waals surface area contributed by atoms with Gasteiger partial charge in [0.15, 0.2) is 0 Å². The van der Waals surface area contributed by atoms with Crippen LogP contribution < -0.4 is 10.6 Å². The van der Waals surface area contributed by atoms with E-state index in [1.807, 2.05) is 13.8 Å². The molecule has 0 radical (unpaired) electrons. The van der Waals surface area contributed by atoms with Crippen molar-refractivity contribution in [2.75, 3.05) is 26.7 Å². The molecule has 0 heterocycles. The maximum Gasteiger partial charge on any atom is 0.317 e. The SMILES string of the molecule is CC(C)CNC(=O)CCNC(=O)N(C)CCC(=O)O. The molecule has 110 valence electrons. The molecule has 0 rings (SSSR count). The number of rotatable bonds is 8. The second-order valence-corrected chi connectivity index (χ2v) is 4.75. The molecule has 0 aliphatic rings. The molecule has 0 unspecified atom stereocenters. The highest BCUT2D eigenvalue weighted by atomic mass is 16.4. The Morgan fingerprint density at radius 1 is 1.16 bits per heavy atom. The van der Waals surface area contributed by atoms with Crippen LogP contribution in [-0.4, -0.2) is 54.6 Å². The van der Waals surface area contributed by atoms with Gasteiger partial charge >= 0.3 is 12.0 Å². The van der Waals surface area contributed by atoms with Crippen molar-refractivity contribution in [2.45, 2.75) is 26.7 Å². The van der Waals surface area contributed by atoms with E-state index in [9.17, 15) is 14.4 Å². The van der Waals surface area contributed by atoms with Crippen molar-refractivity contribution in [1.82, 2.24) is 15.5 Å². The zero-order valence-corrected chi connectivity index (χ0v) is 11.7. The van der Waals surface area contributed by atoms with Crippen LogP contribution in [-0.2, 0) is 9.59 Å². The number of hydrogen-bond donors (Lipinski definition) is 3. The Morgan fingerprint density at radius 3 is 2.32 bits per heavy atom. The Balaban J connectivity index is 3.72. The lowest BCUT2D eigenvalue weighted by atomic mass is 10.2. The molecular formula is C12H23N3O4. The summed E-state index contributed by atoms with van der Waals surface area (Å²) in [6.45, 7) is 4.99. The second kappa shape index (κ2) is 9.18. The molecule has 0 aromatic carbocycles. The van der Waals surface area contributed by atoms with Gasteiger partial charge in [0.1, 0.15) is 0 Å². The lowest BCUT2D eigenvalue weighted by molar-refractivity contribution is -0.137. The van der Waals surface area contributed by atoms with Crippen LogP contribution >= 0.6 is 0 Å². The summed E-state index contributed by atoms with van der Waals surface area (Å²) in [6.07, 6.45) is 0.115. The van der Waals surface area contributed by atoms with E-state index in [2.05, 4.69) is 10.6 Å². The van der Waals surface area contributed by atoms with Gasteiger partial charge in [-0.1, -0.05) is 13.8 Å². The van der Waals surface area contributed by atoms with Crippen molar-refractivity contribution < 1.29 is 19.5 Å². The lowest BCUT2D eigenvalue weighted by Gasteiger charge is -2.16. The van der Waals surface area contributed by atoms with E-state index in [0.717, 1.165) is 0 Å². The number of carboxylic acid groups (broad SMARTS) is 1. The number of nitrogens with zero attached hydrogens (tertiary/aromatic N) is 1. The second-order valence-electron chi connectivity index (χ2n) is 4.75. The summed E-state index contributed by atoms with van der Waals surface area (Å²) in [4.78, 5) is 34.5. The largest absolute Gasteiger partial charge is 0.481 e. The topological polar surface area (TPSA) is 98.7 Å². The molecule has 0 fully saturated rings. The molecule has 0 aliphatic carbocycles. The number of hydrogen-bond acceptors (Lipinski definition) is 3. The molecule has 3 N–H and O–H groups in total. The van der Waals surface area contributed by atoms with Gasteiger partial charge in [-0.05, 0) is 5.92 Å². The molecule has 0 aliphatic heterocycles. The number of urea groups is 1. The molecule has 0 saturated carbocycles. The molecule has 3 amide bonds. The molecule has 0 atom stereocenters. The fourth-order valence-corrected chi connectivity index (χ4v) is 1.19. The Labute approximate surface area is 113 Å². The van der Waals surface area contributed by atoms with E-state index < -0.39 is 5.97 Å². The smallest absolute Gasteiger partial charge is 0.317 e. The third-order valence-electron chi connectivity index (χ3n) is 2.34. The van der Waals surface area contributed by atoms with Gasteiger partial charge in [0.05, 0.1) is 6.42 Å². The zero-order valence-electron chi connectivity index (χ0n) is 11.7. The Morgan fingerprint density at radius 2 is 1.79 bits per heavy atom. The summed E-state index contributed by atoms with van der Waals surface area (Å²) in [5, 5.41) is 13.8. The van der Waals surface area contributed by atoms with Crippen molar-refractivity contribution in [3.05, 3.63) is 0 Å². The third-order valence-corrected chi connectivity index (χ3v) is 2.34. The van der Waals surface area contributed by atoms with E-state index in [4.69, 9.17) is 5.11 Å². The Bertz CT molecular complexity index is 318. The highest BCUT2D eigenvalue weighted by Gasteiger charge is 2.10. The number of carbonyl (C=O) groups excluding carboxylic acids is 2. The van der Waals surface area contributed by atoms with Crippen molar-refractivity contribution in [3.8, 4) is 0 Å². The summed E-state index contributed by atoms with van der Waals surface area (Å²) in [5.41, 5.74) is 0. The first kappa shape index (κ1) is 17.2. The maximum atomic E-state index is 11.5. The van der Waals surface area contributed by atoms with Gasteiger partial charge in [0.25, 0.3) is 0 Å². The van der Waals surface area contributed by atoms with Gasteiger partial charge < -0.3 is 20.6 Å². The van der Waals surface area contributed by atoms with Gasteiger partial charge in [0, 0.05) is 33.1 Å².